The van der Waals surface area contributed by atoms with Crippen molar-refractivity contribution >= 4 is 67.3 Å². The maximum absolute atomic E-state index is 12.8. The maximum Gasteiger partial charge on any atom is 0.415 e. The van der Waals surface area contributed by atoms with Gasteiger partial charge in [0.15, 0.2) is 37.6 Å². The first-order valence-corrected chi connectivity index (χ1v) is 32.2. The number of rotatable bonds is 21. The minimum Gasteiger partial charge on any atom is -0.391 e. The molecule has 0 spiro atoms. The fourth-order valence-corrected chi connectivity index (χ4v) is 12.8. The van der Waals surface area contributed by atoms with Gasteiger partial charge in [0.25, 0.3) is 0 Å². The zero-order valence-corrected chi connectivity index (χ0v) is 54.3. The Hall–Kier alpha value is -2.92. The lowest BCUT2D eigenvalue weighted by Crippen LogP contribution is -2.68. The minimum absolute atomic E-state index is 0.0168. The lowest BCUT2D eigenvalue weighted by molar-refractivity contribution is -0.316. The molecule has 2 aliphatic carbocycles. The number of aliphatic hydroxyl groups excluding tert-OH is 8. The quantitative estimate of drug-likeness (QED) is 0.0314. The van der Waals surface area contributed by atoms with E-state index in [1.807, 2.05) is 13.8 Å². The van der Waals surface area contributed by atoms with Crippen molar-refractivity contribution in [2.24, 2.45) is 23.3 Å². The van der Waals surface area contributed by atoms with Gasteiger partial charge in [-0.05, 0) is 75.7 Å². The topological polar surface area (TPSA) is 476 Å². The molecule has 0 aromatic carbocycles. The van der Waals surface area contributed by atoms with E-state index >= 15 is 0 Å². The average molecular weight is 1400 g/mol. The number of nitrogens with one attached hydrogen (secondary N) is 2. The summed E-state index contributed by atoms with van der Waals surface area (Å²) in [4.78, 5) is 72.6. The molecule has 92 heavy (non-hydrogen) atoms. The highest BCUT2D eigenvalue weighted by atomic mass is 32.2. The number of ether oxygens (including phenoxy) is 11. The lowest BCUT2D eigenvalue weighted by Gasteiger charge is -2.48. The molecule has 7 rings (SSSR count). The molecule has 31 nitrogen and oxygen atoms in total. The number of hydrogen-bond donors (Lipinski definition) is 14. The summed E-state index contributed by atoms with van der Waals surface area (Å²) in [5.41, 5.74) is 12.6. The van der Waals surface area contributed by atoms with E-state index in [9.17, 15) is 63.6 Å². The first-order valence-electron chi connectivity index (χ1n) is 29.9. The SMILES string of the molecule is CC(=O)NC1C(OC2CCC3C(S)CCCC3C2)OC(C)C(N)C1OC1OCC(O)C(O)C1O.CCCOCCOC1OC(C)C(N)C(OC2OCC(O)C(O)C2O)C1NC(C)=O.O=C=O.O=C=O.O=C=O.OC1COC(OC(CSCCCS)C(F)(F)F)C(O)C1. The number of halogens is 3. The van der Waals surface area contributed by atoms with Crippen LogP contribution in [0.4, 0.5) is 13.2 Å². The van der Waals surface area contributed by atoms with E-state index in [1.165, 1.54) is 33.1 Å². The molecule has 5 saturated heterocycles. The molecule has 0 aromatic heterocycles. The summed E-state index contributed by atoms with van der Waals surface area (Å²) >= 11 is 9.91. The van der Waals surface area contributed by atoms with Crippen LogP contribution in [0.15, 0.2) is 0 Å². The standard InChI is InChI=1S/C23H40N2O8S.C18H34N2O9.C11H19F3O4S2.3CO2/c1-10-17(24)21(33-23-20(29)19(28)15(27)9-30-23)18(25-11(2)26)22(31-10)32-13-6-7-14-12(8-13)4-3-5-16(14)34;1-4-5-25-6-7-26-17-13(20-10(3)21)16(12(19)9(2)28-17)29-18-15(24)14(23)11(22)8-27-18;12-11(13,14)9(6-20-3-1-2-19)18-10-8(16)4-7(15)5-17-10;3*2-1-3/h10,12-23,27-29,34H,3-9,24H2,1-2H3,(H,25,26);9,11-18,22-24H,4-8,19H2,1-3H3,(H,20,21);7-10,15-16,19H,1-6H2;;;. The summed E-state index contributed by atoms with van der Waals surface area (Å²) in [6.45, 7) is 8.95. The van der Waals surface area contributed by atoms with Crippen LogP contribution >= 0.6 is 37.0 Å². The van der Waals surface area contributed by atoms with Crippen molar-refractivity contribution in [1.29, 1.82) is 0 Å². The van der Waals surface area contributed by atoms with Gasteiger partial charge in [-0.15, -0.1) is 0 Å². The van der Waals surface area contributed by atoms with Gasteiger partial charge in [0, 0.05) is 37.9 Å². The molecule has 5 aliphatic heterocycles. The second-order valence-corrected chi connectivity index (χ2v) is 24.7. The van der Waals surface area contributed by atoms with Crippen molar-refractivity contribution in [3.05, 3.63) is 0 Å². The Labute approximate surface area is 545 Å². The van der Waals surface area contributed by atoms with Crippen LogP contribution < -0.4 is 22.1 Å². The van der Waals surface area contributed by atoms with E-state index in [1.54, 1.807) is 6.92 Å². The van der Waals surface area contributed by atoms with Crippen molar-refractivity contribution < 1.29 is 144 Å². The number of carbonyl (C=O) groups is 2. The van der Waals surface area contributed by atoms with Crippen molar-refractivity contribution in [2.75, 3.05) is 56.9 Å². The number of carbonyl (C=O) groups excluding carboxylic acids is 8. The Morgan fingerprint density at radius 3 is 1.64 bits per heavy atom. The van der Waals surface area contributed by atoms with Gasteiger partial charge in [0.05, 0.1) is 69.5 Å². The molecule has 0 radical (unpaired) electrons. The van der Waals surface area contributed by atoms with Gasteiger partial charge in [-0.3, -0.25) is 9.59 Å². The summed E-state index contributed by atoms with van der Waals surface area (Å²) < 4.78 is 100. The number of nitrogens with two attached hydrogens (primary N) is 2. The fraction of sp³-hybridized carbons (Fsp3) is 0.909. The summed E-state index contributed by atoms with van der Waals surface area (Å²) in [5.74, 6) is 1.47. The first kappa shape index (κ1) is 85.2. The largest absolute Gasteiger partial charge is 0.415 e. The van der Waals surface area contributed by atoms with Crippen LogP contribution in [0.25, 0.3) is 0 Å². The molecule has 5 heterocycles. The number of thiol groups is 2. The van der Waals surface area contributed by atoms with Crippen LogP contribution in [-0.4, -0.2) is 281 Å². The number of thioether (sulfide) groups is 1. The monoisotopic (exact) mass is 1390 g/mol. The highest BCUT2D eigenvalue weighted by Crippen LogP contribution is 2.44. The molecule has 0 bridgehead atoms. The van der Waals surface area contributed by atoms with E-state index in [0.29, 0.717) is 48.2 Å². The van der Waals surface area contributed by atoms with Gasteiger partial charge in [0.2, 0.25) is 11.8 Å². The third-order valence-electron chi connectivity index (χ3n) is 15.5. The number of alkyl halides is 3. The second-order valence-electron chi connectivity index (χ2n) is 22.4. The van der Waals surface area contributed by atoms with Gasteiger partial charge in [-0.1, -0.05) is 19.8 Å². The summed E-state index contributed by atoms with van der Waals surface area (Å²) in [5, 5.41) is 84.6. The van der Waals surface area contributed by atoms with E-state index < -0.39 is 141 Å². The fourth-order valence-electron chi connectivity index (χ4n) is 10.9. The van der Waals surface area contributed by atoms with Crippen LogP contribution in [0.2, 0.25) is 0 Å². The van der Waals surface area contributed by atoms with E-state index in [-0.39, 0.29) is 75.0 Å². The van der Waals surface area contributed by atoms with Crippen molar-refractivity contribution in [1.82, 2.24) is 10.6 Å². The van der Waals surface area contributed by atoms with Crippen LogP contribution in [0.5, 0.6) is 0 Å². The van der Waals surface area contributed by atoms with Crippen LogP contribution in [0.1, 0.15) is 92.4 Å². The van der Waals surface area contributed by atoms with Crippen LogP contribution in [0.3, 0.4) is 0 Å². The number of fused-ring (bicyclic) bond motifs is 1. The Kier molecular flexibility index (Phi) is 41.5. The number of hydrogen-bond acceptors (Lipinski definition) is 32. The van der Waals surface area contributed by atoms with Gasteiger partial charge >= 0.3 is 24.6 Å². The van der Waals surface area contributed by atoms with Crippen LogP contribution in [-0.2, 0) is 90.5 Å². The molecule has 26 unspecified atom stereocenters. The highest BCUT2D eigenvalue weighted by molar-refractivity contribution is 7.99. The zero-order chi connectivity index (χ0) is 69.4. The van der Waals surface area contributed by atoms with Crippen molar-refractivity contribution in [2.45, 2.75) is 245 Å². The van der Waals surface area contributed by atoms with Crippen molar-refractivity contribution in [3.63, 3.8) is 0 Å². The van der Waals surface area contributed by atoms with Gasteiger partial charge < -0.3 is 115 Å². The van der Waals surface area contributed by atoms with Crippen molar-refractivity contribution in [3.8, 4) is 0 Å². The molecule has 534 valence electrons. The normalized spacial score (nSPS) is 37.8. The van der Waals surface area contributed by atoms with E-state index in [0.717, 1.165) is 37.4 Å². The Balaban J connectivity index is 0.000000452. The third kappa shape index (κ3) is 28.6. The highest BCUT2D eigenvalue weighted by Gasteiger charge is 2.52. The number of aliphatic hydroxyl groups is 8. The first-order chi connectivity index (χ1) is 43.5. The van der Waals surface area contributed by atoms with Gasteiger partial charge in [0.1, 0.15) is 67.0 Å². The zero-order valence-electron chi connectivity index (χ0n) is 51.7. The second kappa shape index (κ2) is 44.8. The predicted octanol–water partition coefficient (Wildman–Crippen LogP) is -2.79. The summed E-state index contributed by atoms with van der Waals surface area (Å²) in [6.07, 6.45) is -16.3. The molecule has 2 amide bonds. The lowest BCUT2D eigenvalue weighted by atomic mass is 9.69. The molecular weight excluding hydrogens is 1300 g/mol. The third-order valence-corrected chi connectivity index (χ3v) is 17.5. The van der Waals surface area contributed by atoms with Gasteiger partial charge in [-0.2, -0.15) is 79.0 Å². The minimum atomic E-state index is -4.52. The molecule has 7 fully saturated rings. The number of amides is 2. The Bertz CT molecular complexity index is 2160. The van der Waals surface area contributed by atoms with Crippen LogP contribution in [0, 0.1) is 11.8 Å². The molecule has 14 N–H and O–H groups in total. The molecule has 2 saturated carbocycles. The molecule has 37 heteroatoms. The van der Waals surface area contributed by atoms with E-state index in [4.69, 9.17) is 105 Å². The summed E-state index contributed by atoms with van der Waals surface area (Å²) in [6, 6.07) is -2.87. The average Bonchev–Trinajstić information content (AvgIpc) is 0.799. The van der Waals surface area contributed by atoms with Gasteiger partial charge in [-0.25, -0.2) is 0 Å². The predicted molar refractivity (Wildman–Crippen MR) is 313 cm³/mol. The Morgan fingerprint density at radius 2 is 1.16 bits per heavy atom. The van der Waals surface area contributed by atoms with E-state index in [2.05, 4.69) is 23.3 Å². The molecule has 7 aliphatic rings. The molecule has 26 atom stereocenters. The summed E-state index contributed by atoms with van der Waals surface area (Å²) in [7, 11) is 0. The molecule has 0 aromatic rings. The smallest absolute Gasteiger partial charge is 0.391 e. The Morgan fingerprint density at radius 1 is 0.663 bits per heavy atom. The molecular formula is C55H93F3N4O27S3. The maximum atomic E-state index is 12.8.